The average molecular weight is 260 g/mol. The van der Waals surface area contributed by atoms with Gasteiger partial charge in [-0.25, -0.2) is 4.79 Å². The van der Waals surface area contributed by atoms with Gasteiger partial charge >= 0.3 is 5.97 Å². The summed E-state index contributed by atoms with van der Waals surface area (Å²) in [7, 11) is 1.86. The molecule has 0 saturated heterocycles. The Balaban J connectivity index is 3.92. The van der Waals surface area contributed by atoms with Crippen LogP contribution in [-0.4, -0.2) is 59.8 Å². The van der Waals surface area contributed by atoms with Crippen molar-refractivity contribution in [3.63, 3.8) is 0 Å². The first-order valence-electron chi connectivity index (χ1n) is 6.20. The SMILES string of the molecule is CC(C)C(NC(=O)CCCN(C)CCO)C(=O)O. The van der Waals surface area contributed by atoms with Gasteiger partial charge in [0.15, 0.2) is 0 Å². The van der Waals surface area contributed by atoms with E-state index in [0.29, 0.717) is 25.9 Å². The van der Waals surface area contributed by atoms with Crippen molar-refractivity contribution in [1.82, 2.24) is 10.2 Å². The number of aliphatic hydroxyl groups is 1. The summed E-state index contributed by atoms with van der Waals surface area (Å²) >= 11 is 0. The lowest BCUT2D eigenvalue weighted by atomic mass is 10.0. The molecule has 1 atom stereocenters. The van der Waals surface area contributed by atoms with Crippen LogP contribution in [0.4, 0.5) is 0 Å². The van der Waals surface area contributed by atoms with E-state index in [1.165, 1.54) is 0 Å². The summed E-state index contributed by atoms with van der Waals surface area (Å²) in [4.78, 5) is 24.4. The van der Waals surface area contributed by atoms with Crippen LogP contribution >= 0.6 is 0 Å². The number of carboxylic acids is 1. The van der Waals surface area contributed by atoms with Gasteiger partial charge in [-0.05, 0) is 25.9 Å². The van der Waals surface area contributed by atoms with Gasteiger partial charge in [0.1, 0.15) is 6.04 Å². The Kier molecular flexibility index (Phi) is 8.32. The minimum absolute atomic E-state index is 0.0944. The smallest absolute Gasteiger partial charge is 0.326 e. The standard InChI is InChI=1S/C12H24N2O4/c1-9(2)11(12(17)18)13-10(16)5-4-6-14(3)7-8-15/h9,11,15H,4-8H2,1-3H3,(H,13,16)(H,17,18). The normalized spacial score (nSPS) is 12.8. The Morgan fingerprint density at radius 2 is 1.89 bits per heavy atom. The van der Waals surface area contributed by atoms with E-state index in [9.17, 15) is 9.59 Å². The van der Waals surface area contributed by atoms with Crippen LogP contribution in [0.3, 0.4) is 0 Å². The van der Waals surface area contributed by atoms with E-state index in [2.05, 4.69) is 5.32 Å². The Bertz CT molecular complexity index is 269. The quantitative estimate of drug-likeness (QED) is 0.539. The number of nitrogens with zero attached hydrogens (tertiary/aromatic N) is 1. The molecule has 0 aromatic rings. The van der Waals surface area contributed by atoms with Crippen LogP contribution in [0.25, 0.3) is 0 Å². The van der Waals surface area contributed by atoms with Crippen molar-refractivity contribution < 1.29 is 19.8 Å². The second-order valence-corrected chi connectivity index (χ2v) is 4.76. The molecule has 0 rings (SSSR count). The lowest BCUT2D eigenvalue weighted by Crippen LogP contribution is -2.44. The monoisotopic (exact) mass is 260 g/mol. The number of carboxylic acid groups (broad SMARTS) is 1. The molecule has 0 radical (unpaired) electrons. The first-order chi connectivity index (χ1) is 8.38. The highest BCUT2D eigenvalue weighted by molar-refractivity contribution is 5.83. The summed E-state index contributed by atoms with van der Waals surface area (Å²) in [5, 5.41) is 20.1. The molecule has 106 valence electrons. The van der Waals surface area contributed by atoms with Gasteiger partial charge in [0, 0.05) is 13.0 Å². The van der Waals surface area contributed by atoms with Crippen molar-refractivity contribution in [2.75, 3.05) is 26.7 Å². The number of carbonyl (C=O) groups is 2. The molecule has 18 heavy (non-hydrogen) atoms. The van der Waals surface area contributed by atoms with Gasteiger partial charge in [-0.2, -0.15) is 0 Å². The molecule has 6 nitrogen and oxygen atoms in total. The Hall–Kier alpha value is -1.14. The van der Waals surface area contributed by atoms with Crippen LogP contribution in [0.2, 0.25) is 0 Å². The highest BCUT2D eigenvalue weighted by Crippen LogP contribution is 2.03. The number of carbonyl (C=O) groups excluding carboxylic acids is 1. The highest BCUT2D eigenvalue weighted by Gasteiger charge is 2.22. The Labute approximate surface area is 108 Å². The lowest BCUT2D eigenvalue weighted by molar-refractivity contribution is -0.143. The van der Waals surface area contributed by atoms with Crippen LogP contribution < -0.4 is 5.32 Å². The number of hydrogen-bond acceptors (Lipinski definition) is 4. The predicted octanol–water partition coefficient (Wildman–Crippen LogP) is -0.0839. The molecule has 6 heteroatoms. The van der Waals surface area contributed by atoms with E-state index in [-0.39, 0.29) is 18.4 Å². The van der Waals surface area contributed by atoms with Crippen molar-refractivity contribution in [2.45, 2.75) is 32.7 Å². The van der Waals surface area contributed by atoms with Gasteiger partial charge < -0.3 is 20.4 Å². The summed E-state index contributed by atoms with van der Waals surface area (Å²) in [6.45, 7) is 4.89. The molecular weight excluding hydrogens is 236 g/mol. The van der Waals surface area contributed by atoms with Crippen LogP contribution in [-0.2, 0) is 9.59 Å². The zero-order valence-electron chi connectivity index (χ0n) is 11.3. The Morgan fingerprint density at radius 1 is 1.28 bits per heavy atom. The molecule has 0 aliphatic rings. The number of hydrogen-bond donors (Lipinski definition) is 3. The van der Waals surface area contributed by atoms with Gasteiger partial charge in [-0.3, -0.25) is 4.79 Å². The molecule has 0 fully saturated rings. The first kappa shape index (κ1) is 16.9. The largest absolute Gasteiger partial charge is 0.480 e. The van der Waals surface area contributed by atoms with Crippen molar-refractivity contribution in [3.05, 3.63) is 0 Å². The molecule has 0 heterocycles. The third-order valence-electron chi connectivity index (χ3n) is 2.67. The van der Waals surface area contributed by atoms with Crippen molar-refractivity contribution in [2.24, 2.45) is 5.92 Å². The van der Waals surface area contributed by atoms with Crippen molar-refractivity contribution >= 4 is 11.9 Å². The minimum atomic E-state index is -1.00. The third kappa shape index (κ3) is 7.24. The Morgan fingerprint density at radius 3 is 2.33 bits per heavy atom. The van der Waals surface area contributed by atoms with Gasteiger partial charge in [-0.1, -0.05) is 13.8 Å². The van der Waals surface area contributed by atoms with E-state index >= 15 is 0 Å². The fraction of sp³-hybridized carbons (Fsp3) is 0.833. The topological polar surface area (TPSA) is 89.9 Å². The van der Waals surface area contributed by atoms with Crippen LogP contribution in [0.5, 0.6) is 0 Å². The highest BCUT2D eigenvalue weighted by atomic mass is 16.4. The van der Waals surface area contributed by atoms with Crippen molar-refractivity contribution in [1.29, 1.82) is 0 Å². The second-order valence-electron chi connectivity index (χ2n) is 4.76. The number of nitrogens with one attached hydrogen (secondary N) is 1. The van der Waals surface area contributed by atoms with E-state index in [1.807, 2.05) is 11.9 Å². The number of likely N-dealkylation sites (N-methyl/N-ethyl adjacent to an activating group) is 1. The minimum Gasteiger partial charge on any atom is -0.480 e. The maximum atomic E-state index is 11.6. The second kappa shape index (κ2) is 8.88. The van der Waals surface area contributed by atoms with Gasteiger partial charge in [0.05, 0.1) is 6.61 Å². The molecule has 0 aromatic carbocycles. The number of aliphatic hydroxyl groups excluding tert-OH is 1. The predicted molar refractivity (Wildman–Crippen MR) is 68.2 cm³/mol. The van der Waals surface area contributed by atoms with E-state index in [0.717, 1.165) is 0 Å². The molecule has 0 aliphatic heterocycles. The number of amides is 1. The van der Waals surface area contributed by atoms with Crippen molar-refractivity contribution in [3.8, 4) is 0 Å². The van der Waals surface area contributed by atoms with Gasteiger partial charge in [0.2, 0.25) is 5.91 Å². The molecule has 0 aliphatic carbocycles. The molecule has 0 aromatic heterocycles. The molecular formula is C12H24N2O4. The maximum absolute atomic E-state index is 11.6. The summed E-state index contributed by atoms with van der Waals surface area (Å²) < 4.78 is 0. The van der Waals surface area contributed by atoms with Gasteiger partial charge in [0.25, 0.3) is 0 Å². The van der Waals surface area contributed by atoms with E-state index in [4.69, 9.17) is 10.2 Å². The maximum Gasteiger partial charge on any atom is 0.326 e. The summed E-state index contributed by atoms with van der Waals surface area (Å²) in [5.41, 5.74) is 0. The third-order valence-corrected chi connectivity index (χ3v) is 2.67. The van der Waals surface area contributed by atoms with Crippen LogP contribution in [0.1, 0.15) is 26.7 Å². The van der Waals surface area contributed by atoms with Gasteiger partial charge in [-0.15, -0.1) is 0 Å². The first-order valence-corrected chi connectivity index (χ1v) is 6.20. The zero-order chi connectivity index (χ0) is 14.1. The van der Waals surface area contributed by atoms with E-state index in [1.54, 1.807) is 13.8 Å². The molecule has 0 bridgehead atoms. The average Bonchev–Trinajstić information content (AvgIpc) is 2.25. The molecule has 3 N–H and O–H groups in total. The molecule has 1 unspecified atom stereocenters. The fourth-order valence-corrected chi connectivity index (χ4v) is 1.55. The summed E-state index contributed by atoms with van der Waals surface area (Å²) in [6, 6.07) is -0.826. The molecule has 1 amide bonds. The zero-order valence-corrected chi connectivity index (χ0v) is 11.3. The summed E-state index contributed by atoms with van der Waals surface area (Å²) in [5.74, 6) is -1.38. The van der Waals surface area contributed by atoms with E-state index < -0.39 is 12.0 Å². The fourth-order valence-electron chi connectivity index (χ4n) is 1.55. The summed E-state index contributed by atoms with van der Waals surface area (Å²) in [6.07, 6.45) is 0.943. The molecule has 0 saturated carbocycles. The molecule has 0 spiro atoms. The van der Waals surface area contributed by atoms with Crippen LogP contribution in [0.15, 0.2) is 0 Å². The number of rotatable bonds is 9. The van der Waals surface area contributed by atoms with Crippen LogP contribution in [0, 0.1) is 5.92 Å². The lowest BCUT2D eigenvalue weighted by Gasteiger charge is -2.18. The number of aliphatic carboxylic acids is 1.